The van der Waals surface area contributed by atoms with Crippen molar-refractivity contribution in [3.63, 3.8) is 0 Å². The van der Waals surface area contributed by atoms with Gasteiger partial charge in [-0.25, -0.2) is 4.79 Å². The maximum atomic E-state index is 11.8. The van der Waals surface area contributed by atoms with Gasteiger partial charge in [-0.3, -0.25) is 4.79 Å². The smallest absolute Gasteiger partial charge is 0.328 e. The number of carbonyl (C=O) groups excluding carboxylic acids is 1. The summed E-state index contributed by atoms with van der Waals surface area (Å²) in [5.41, 5.74) is 0.788. The topological polar surface area (TPSA) is 57.6 Å². The second-order valence-electron chi connectivity index (χ2n) is 3.69. The van der Waals surface area contributed by atoms with Gasteiger partial charge < -0.3 is 10.0 Å². The lowest BCUT2D eigenvalue weighted by Gasteiger charge is -2.13. The first-order chi connectivity index (χ1) is 8.59. The van der Waals surface area contributed by atoms with Crippen LogP contribution in [-0.4, -0.2) is 24.0 Å². The first-order valence-electron chi connectivity index (χ1n) is 5.24. The summed E-state index contributed by atoms with van der Waals surface area (Å²) in [7, 11) is 1.63. The molecule has 1 amide bonds. The number of anilines is 1. The van der Waals surface area contributed by atoms with Crippen molar-refractivity contribution in [3.05, 3.63) is 41.8 Å². The van der Waals surface area contributed by atoms with Crippen molar-refractivity contribution in [2.45, 2.75) is 0 Å². The summed E-state index contributed by atoms with van der Waals surface area (Å²) >= 11 is 1.55. The fourth-order valence-corrected chi connectivity index (χ4v) is 2.58. The van der Waals surface area contributed by atoms with Crippen molar-refractivity contribution in [3.8, 4) is 0 Å². The van der Waals surface area contributed by atoms with Crippen molar-refractivity contribution >= 4 is 39.0 Å². The Morgan fingerprint density at radius 2 is 2.00 bits per heavy atom. The molecule has 0 unspecified atom stereocenters. The summed E-state index contributed by atoms with van der Waals surface area (Å²) in [6, 6.07) is 7.76. The number of likely N-dealkylation sites (N-methyl/N-ethyl adjacent to an activating group) is 1. The zero-order valence-corrected chi connectivity index (χ0v) is 10.5. The van der Waals surface area contributed by atoms with E-state index >= 15 is 0 Å². The second kappa shape index (κ2) is 5.01. The van der Waals surface area contributed by atoms with Crippen molar-refractivity contribution < 1.29 is 14.7 Å². The van der Waals surface area contributed by atoms with Gasteiger partial charge in [0.15, 0.2) is 0 Å². The molecule has 2 aromatic rings. The summed E-state index contributed by atoms with van der Waals surface area (Å²) in [4.78, 5) is 23.6. The van der Waals surface area contributed by atoms with Crippen LogP contribution in [-0.2, 0) is 9.59 Å². The monoisotopic (exact) mass is 261 g/mol. The Labute approximate surface area is 108 Å². The number of thiophene rings is 1. The summed E-state index contributed by atoms with van der Waals surface area (Å²) < 4.78 is 1.09. The molecule has 1 heterocycles. The third-order valence-electron chi connectivity index (χ3n) is 2.52. The molecular formula is C13H11NO3S. The molecule has 0 aliphatic carbocycles. The molecule has 1 N–H and O–H groups in total. The van der Waals surface area contributed by atoms with E-state index in [2.05, 4.69) is 0 Å². The number of benzene rings is 1. The molecule has 0 atom stereocenters. The van der Waals surface area contributed by atoms with Gasteiger partial charge in [0.25, 0.3) is 5.91 Å². The zero-order chi connectivity index (χ0) is 13.1. The van der Waals surface area contributed by atoms with Gasteiger partial charge in [-0.15, -0.1) is 11.3 Å². The van der Waals surface area contributed by atoms with Crippen LogP contribution in [0.4, 0.5) is 5.69 Å². The second-order valence-corrected chi connectivity index (χ2v) is 4.60. The van der Waals surface area contributed by atoms with Crippen molar-refractivity contribution in [2.24, 2.45) is 0 Å². The highest BCUT2D eigenvalue weighted by Gasteiger charge is 2.12. The highest BCUT2D eigenvalue weighted by atomic mass is 32.1. The Bertz CT molecular complexity index is 630. The molecule has 0 fully saturated rings. The van der Waals surface area contributed by atoms with Gasteiger partial charge in [-0.1, -0.05) is 18.2 Å². The van der Waals surface area contributed by atoms with E-state index in [1.807, 2.05) is 29.6 Å². The van der Waals surface area contributed by atoms with Gasteiger partial charge in [-0.2, -0.15) is 0 Å². The molecule has 2 rings (SSSR count). The van der Waals surface area contributed by atoms with Gasteiger partial charge in [0.1, 0.15) is 0 Å². The number of carboxylic acids is 1. The van der Waals surface area contributed by atoms with Gasteiger partial charge in [0, 0.05) is 34.7 Å². The van der Waals surface area contributed by atoms with Crippen LogP contribution >= 0.6 is 11.3 Å². The Kier molecular flexibility index (Phi) is 3.43. The molecule has 1 aromatic carbocycles. The van der Waals surface area contributed by atoms with Crippen molar-refractivity contribution in [2.75, 3.05) is 11.9 Å². The molecule has 0 aliphatic rings. The van der Waals surface area contributed by atoms with E-state index in [0.717, 1.165) is 27.9 Å². The number of aliphatic carboxylic acids is 1. The third kappa shape index (κ3) is 2.41. The number of amides is 1. The van der Waals surface area contributed by atoms with E-state index in [1.165, 1.54) is 4.90 Å². The Balaban J connectivity index is 2.31. The van der Waals surface area contributed by atoms with Gasteiger partial charge >= 0.3 is 5.97 Å². The van der Waals surface area contributed by atoms with E-state index in [0.29, 0.717) is 0 Å². The molecule has 0 aliphatic heterocycles. The average molecular weight is 261 g/mol. The zero-order valence-electron chi connectivity index (χ0n) is 9.66. The van der Waals surface area contributed by atoms with Crippen molar-refractivity contribution in [1.29, 1.82) is 0 Å². The summed E-state index contributed by atoms with van der Waals surface area (Å²) in [6.45, 7) is 0. The molecule has 0 radical (unpaired) electrons. The van der Waals surface area contributed by atoms with Crippen LogP contribution in [0.2, 0.25) is 0 Å². The van der Waals surface area contributed by atoms with E-state index < -0.39 is 5.97 Å². The van der Waals surface area contributed by atoms with E-state index in [1.54, 1.807) is 18.4 Å². The normalized spacial score (nSPS) is 10.9. The van der Waals surface area contributed by atoms with Gasteiger partial charge in [0.05, 0.1) is 5.69 Å². The minimum absolute atomic E-state index is 0.360. The number of rotatable bonds is 3. The Morgan fingerprint density at radius 3 is 2.72 bits per heavy atom. The molecule has 0 saturated carbocycles. The fourth-order valence-electron chi connectivity index (χ4n) is 1.60. The average Bonchev–Trinajstić information content (AvgIpc) is 2.78. The lowest BCUT2D eigenvalue weighted by molar-refractivity contribution is -0.131. The summed E-state index contributed by atoms with van der Waals surface area (Å²) in [5.74, 6) is -1.49. The highest BCUT2D eigenvalue weighted by Crippen LogP contribution is 2.32. The van der Waals surface area contributed by atoms with E-state index in [9.17, 15) is 9.59 Å². The molecule has 18 heavy (non-hydrogen) atoms. The van der Waals surface area contributed by atoms with E-state index in [-0.39, 0.29) is 5.91 Å². The fraction of sp³-hybridized carbons (Fsp3) is 0.0769. The molecule has 4 nitrogen and oxygen atoms in total. The van der Waals surface area contributed by atoms with Crippen LogP contribution < -0.4 is 4.90 Å². The summed E-state index contributed by atoms with van der Waals surface area (Å²) in [6.07, 6.45) is 1.89. The first kappa shape index (κ1) is 12.3. The lowest BCUT2D eigenvalue weighted by atomic mass is 10.2. The molecule has 0 bridgehead atoms. The van der Waals surface area contributed by atoms with Gasteiger partial charge in [0.2, 0.25) is 0 Å². The Morgan fingerprint density at radius 1 is 1.28 bits per heavy atom. The number of fused-ring (bicyclic) bond motifs is 1. The maximum Gasteiger partial charge on any atom is 0.328 e. The maximum absolute atomic E-state index is 11.8. The van der Waals surface area contributed by atoms with Crippen LogP contribution in [0.1, 0.15) is 0 Å². The molecule has 0 saturated heterocycles. The molecule has 5 heteroatoms. The van der Waals surface area contributed by atoms with Crippen LogP contribution in [0.25, 0.3) is 10.1 Å². The SMILES string of the molecule is CN(C(=O)/C=C/C(=O)O)c1csc2ccccc12. The van der Waals surface area contributed by atoms with Crippen LogP contribution in [0.15, 0.2) is 41.8 Å². The number of carbonyl (C=O) groups is 2. The van der Waals surface area contributed by atoms with Crippen LogP contribution in [0.3, 0.4) is 0 Å². The minimum atomic E-state index is -1.13. The first-order valence-corrected chi connectivity index (χ1v) is 6.12. The number of hydrogen-bond acceptors (Lipinski definition) is 3. The number of carboxylic acid groups (broad SMARTS) is 1. The van der Waals surface area contributed by atoms with E-state index in [4.69, 9.17) is 5.11 Å². The lowest BCUT2D eigenvalue weighted by Crippen LogP contribution is -2.23. The summed E-state index contributed by atoms with van der Waals surface area (Å²) in [5, 5.41) is 11.4. The minimum Gasteiger partial charge on any atom is -0.478 e. The van der Waals surface area contributed by atoms with Crippen LogP contribution in [0.5, 0.6) is 0 Å². The van der Waals surface area contributed by atoms with Crippen molar-refractivity contribution in [1.82, 2.24) is 0 Å². The predicted molar refractivity (Wildman–Crippen MR) is 72.0 cm³/mol. The molecule has 0 spiro atoms. The number of nitrogens with zero attached hydrogens (tertiary/aromatic N) is 1. The van der Waals surface area contributed by atoms with Crippen LogP contribution in [0, 0.1) is 0 Å². The predicted octanol–water partition coefficient (Wildman–Crippen LogP) is 2.50. The van der Waals surface area contributed by atoms with Gasteiger partial charge in [-0.05, 0) is 6.07 Å². The highest BCUT2D eigenvalue weighted by molar-refractivity contribution is 7.17. The Hall–Kier alpha value is -2.14. The molecule has 92 valence electrons. The quantitative estimate of drug-likeness (QED) is 0.864. The standard InChI is InChI=1S/C13H11NO3S/c1-14(12(15)6-7-13(16)17)10-8-18-11-5-3-2-4-9(10)11/h2-8H,1H3,(H,16,17)/b7-6+. The largest absolute Gasteiger partial charge is 0.478 e. The molecule has 1 aromatic heterocycles. The number of hydrogen-bond donors (Lipinski definition) is 1. The third-order valence-corrected chi connectivity index (χ3v) is 3.47. The molecular weight excluding hydrogens is 250 g/mol.